The highest BCUT2D eigenvalue weighted by Crippen LogP contribution is 2.31. The number of rotatable bonds is 9. The van der Waals surface area contributed by atoms with E-state index >= 15 is 0 Å². The molecule has 1 aliphatic rings. The lowest BCUT2D eigenvalue weighted by Gasteiger charge is -2.29. The van der Waals surface area contributed by atoms with Gasteiger partial charge in [0.2, 0.25) is 11.8 Å². The summed E-state index contributed by atoms with van der Waals surface area (Å²) in [5, 5.41) is 0. The number of halogens is 1. The molecule has 168 valence electrons. The zero-order chi connectivity index (χ0) is 22.6. The van der Waals surface area contributed by atoms with E-state index in [2.05, 4.69) is 0 Å². The van der Waals surface area contributed by atoms with Crippen LogP contribution in [-0.2, 0) is 22.7 Å². The van der Waals surface area contributed by atoms with Crippen LogP contribution in [0.5, 0.6) is 0 Å². The van der Waals surface area contributed by atoms with Crippen molar-refractivity contribution in [3.63, 3.8) is 0 Å². The molecule has 1 fully saturated rings. The van der Waals surface area contributed by atoms with Crippen LogP contribution in [0.1, 0.15) is 55.4 Å². The van der Waals surface area contributed by atoms with Crippen molar-refractivity contribution in [1.29, 1.82) is 0 Å². The number of benzene rings is 1. The summed E-state index contributed by atoms with van der Waals surface area (Å²) in [6.45, 7) is 9.80. The van der Waals surface area contributed by atoms with Crippen LogP contribution in [0.25, 0.3) is 0 Å². The van der Waals surface area contributed by atoms with Gasteiger partial charge in [0.05, 0.1) is 13.1 Å². The van der Waals surface area contributed by atoms with Crippen molar-refractivity contribution in [2.75, 3.05) is 13.1 Å². The Bertz CT molecular complexity index is 897. The van der Waals surface area contributed by atoms with Crippen molar-refractivity contribution >= 4 is 23.2 Å². The minimum atomic E-state index is -0.293. The first-order valence-corrected chi connectivity index (χ1v) is 11.8. The molecule has 1 heterocycles. The second-order valence-electron chi connectivity index (χ2n) is 9.84. The molecule has 2 aromatic rings. The zero-order valence-corrected chi connectivity index (χ0v) is 19.8. The molecule has 0 radical (unpaired) electrons. The average Bonchev–Trinajstić information content (AvgIpc) is 3.40. The lowest BCUT2D eigenvalue weighted by Crippen LogP contribution is -2.44. The van der Waals surface area contributed by atoms with Gasteiger partial charge in [-0.2, -0.15) is 0 Å². The van der Waals surface area contributed by atoms with E-state index in [1.165, 1.54) is 17.0 Å². The summed E-state index contributed by atoms with van der Waals surface area (Å²) >= 11 is 1.67. The van der Waals surface area contributed by atoms with E-state index in [0.29, 0.717) is 32.0 Å². The molecule has 0 aliphatic heterocycles. The van der Waals surface area contributed by atoms with Crippen LogP contribution in [0.3, 0.4) is 0 Å². The summed E-state index contributed by atoms with van der Waals surface area (Å²) in [6, 6.07) is 10.3. The molecule has 31 heavy (non-hydrogen) atoms. The molecule has 6 heteroatoms. The fourth-order valence-corrected chi connectivity index (χ4v) is 4.40. The van der Waals surface area contributed by atoms with Crippen LogP contribution in [0, 0.1) is 24.1 Å². The predicted octanol–water partition coefficient (Wildman–Crippen LogP) is 5.40. The number of thiophene rings is 1. The molecular weight excluding hydrogens is 411 g/mol. The molecular formula is C25H33FN2O2S. The van der Waals surface area contributed by atoms with Gasteiger partial charge >= 0.3 is 0 Å². The SMILES string of the molecule is Cc1ccc(CN(Cc2ccc(F)cc2)C(=O)CN(CC2CC2)C(=O)CC(C)(C)C)s1. The number of hydrogen-bond donors (Lipinski definition) is 0. The highest BCUT2D eigenvalue weighted by Gasteiger charge is 2.31. The normalized spacial score (nSPS) is 13.8. The summed E-state index contributed by atoms with van der Waals surface area (Å²) in [7, 11) is 0. The van der Waals surface area contributed by atoms with Crippen LogP contribution in [0.2, 0.25) is 0 Å². The van der Waals surface area contributed by atoms with Gasteiger partial charge in [0, 0.05) is 29.3 Å². The Hall–Kier alpha value is -2.21. The third kappa shape index (κ3) is 7.76. The summed E-state index contributed by atoms with van der Waals surface area (Å²) in [4.78, 5) is 32.2. The maximum atomic E-state index is 13.4. The molecule has 3 rings (SSSR count). The second kappa shape index (κ2) is 9.94. The highest BCUT2D eigenvalue weighted by molar-refractivity contribution is 7.11. The first-order valence-electron chi connectivity index (χ1n) is 10.9. The fraction of sp³-hybridized carbons (Fsp3) is 0.520. The van der Waals surface area contributed by atoms with Crippen molar-refractivity contribution in [3.05, 3.63) is 57.5 Å². The first kappa shape index (κ1) is 23.5. The van der Waals surface area contributed by atoms with E-state index in [0.717, 1.165) is 23.3 Å². The molecule has 1 aromatic heterocycles. The summed E-state index contributed by atoms with van der Waals surface area (Å²) in [5.74, 6) is 0.195. The molecule has 1 saturated carbocycles. The van der Waals surface area contributed by atoms with E-state index in [4.69, 9.17) is 0 Å². The van der Waals surface area contributed by atoms with Crippen LogP contribution >= 0.6 is 11.3 Å². The van der Waals surface area contributed by atoms with Gasteiger partial charge in [-0.1, -0.05) is 32.9 Å². The molecule has 1 aromatic carbocycles. The van der Waals surface area contributed by atoms with E-state index in [1.807, 2.05) is 39.8 Å². The lowest BCUT2D eigenvalue weighted by molar-refractivity contribution is -0.142. The Kier molecular flexibility index (Phi) is 7.52. The maximum Gasteiger partial charge on any atom is 0.242 e. The van der Waals surface area contributed by atoms with Crippen LogP contribution < -0.4 is 0 Å². The van der Waals surface area contributed by atoms with Crippen molar-refractivity contribution in [2.24, 2.45) is 11.3 Å². The summed E-state index contributed by atoms with van der Waals surface area (Å²) in [6.07, 6.45) is 2.68. The van der Waals surface area contributed by atoms with Crippen molar-refractivity contribution in [1.82, 2.24) is 9.80 Å². The van der Waals surface area contributed by atoms with Crippen molar-refractivity contribution in [3.8, 4) is 0 Å². The van der Waals surface area contributed by atoms with Gasteiger partial charge in [-0.25, -0.2) is 4.39 Å². The Balaban J connectivity index is 1.75. The van der Waals surface area contributed by atoms with Gasteiger partial charge in [0.1, 0.15) is 5.82 Å². The largest absolute Gasteiger partial charge is 0.333 e. The minimum absolute atomic E-state index is 0.0430. The highest BCUT2D eigenvalue weighted by atomic mass is 32.1. The van der Waals surface area contributed by atoms with Gasteiger partial charge in [0.25, 0.3) is 0 Å². The number of amides is 2. The van der Waals surface area contributed by atoms with Gasteiger partial charge in [-0.05, 0) is 60.9 Å². The van der Waals surface area contributed by atoms with Gasteiger partial charge < -0.3 is 9.80 Å². The number of nitrogens with zero attached hydrogens (tertiary/aromatic N) is 2. The summed E-state index contributed by atoms with van der Waals surface area (Å²) in [5.41, 5.74) is 0.752. The number of carbonyl (C=O) groups is 2. The van der Waals surface area contributed by atoms with E-state index in [1.54, 1.807) is 33.3 Å². The minimum Gasteiger partial charge on any atom is -0.333 e. The van der Waals surface area contributed by atoms with Crippen LogP contribution in [0.15, 0.2) is 36.4 Å². The average molecular weight is 445 g/mol. The Morgan fingerprint density at radius 3 is 2.23 bits per heavy atom. The van der Waals surface area contributed by atoms with Crippen LogP contribution in [-0.4, -0.2) is 34.7 Å². The molecule has 0 N–H and O–H groups in total. The lowest BCUT2D eigenvalue weighted by atomic mass is 9.91. The molecule has 0 spiro atoms. The molecule has 0 bridgehead atoms. The Labute approximate surface area is 189 Å². The van der Waals surface area contributed by atoms with Gasteiger partial charge in [-0.3, -0.25) is 9.59 Å². The van der Waals surface area contributed by atoms with E-state index in [-0.39, 0.29) is 29.6 Å². The third-order valence-corrected chi connectivity index (χ3v) is 6.30. The maximum absolute atomic E-state index is 13.4. The molecule has 4 nitrogen and oxygen atoms in total. The Morgan fingerprint density at radius 1 is 1.00 bits per heavy atom. The topological polar surface area (TPSA) is 40.6 Å². The monoisotopic (exact) mass is 444 g/mol. The smallest absolute Gasteiger partial charge is 0.242 e. The first-order chi connectivity index (χ1) is 14.6. The Morgan fingerprint density at radius 2 is 1.68 bits per heavy atom. The molecule has 2 amide bonds. The number of hydrogen-bond acceptors (Lipinski definition) is 3. The molecule has 0 saturated heterocycles. The van der Waals surface area contributed by atoms with Gasteiger partial charge in [0.15, 0.2) is 0 Å². The number of carbonyl (C=O) groups excluding carboxylic acids is 2. The summed E-state index contributed by atoms with van der Waals surface area (Å²) < 4.78 is 13.3. The standard InChI is InChI=1S/C25H33FN2O2S/c1-18-5-12-22(31-18)16-27(14-20-8-10-21(26)11-9-20)24(30)17-28(15-19-6-7-19)23(29)13-25(2,3)4/h5,8-12,19H,6-7,13-17H2,1-4H3. The second-order valence-corrected chi connectivity index (χ2v) is 11.2. The van der Waals surface area contributed by atoms with Crippen LogP contribution in [0.4, 0.5) is 4.39 Å². The van der Waals surface area contributed by atoms with Gasteiger partial charge in [-0.15, -0.1) is 11.3 Å². The zero-order valence-electron chi connectivity index (χ0n) is 19.0. The predicted molar refractivity (Wildman–Crippen MR) is 123 cm³/mol. The van der Waals surface area contributed by atoms with E-state index in [9.17, 15) is 14.0 Å². The fourth-order valence-electron chi connectivity index (χ4n) is 3.50. The molecule has 1 aliphatic carbocycles. The quantitative estimate of drug-likeness (QED) is 0.520. The van der Waals surface area contributed by atoms with Crippen molar-refractivity contribution < 1.29 is 14.0 Å². The number of aryl methyl sites for hydroxylation is 1. The third-order valence-electron chi connectivity index (χ3n) is 5.32. The molecule has 0 unspecified atom stereocenters. The van der Waals surface area contributed by atoms with E-state index < -0.39 is 0 Å². The van der Waals surface area contributed by atoms with Crippen molar-refractivity contribution in [2.45, 2.75) is 60.0 Å². The molecule has 0 atom stereocenters.